The van der Waals surface area contributed by atoms with Crippen LogP contribution in [0.4, 0.5) is 0 Å². The second-order valence-corrected chi connectivity index (χ2v) is 6.49. The van der Waals surface area contributed by atoms with Crippen molar-refractivity contribution in [3.05, 3.63) is 30.3 Å². The number of hydrogen-bond donors (Lipinski definition) is 1. The molecule has 1 heterocycles. The zero-order valence-electron chi connectivity index (χ0n) is 11.9. The molecule has 1 aromatic carbocycles. The summed E-state index contributed by atoms with van der Waals surface area (Å²) in [6.45, 7) is 2.38. The van der Waals surface area contributed by atoms with Crippen molar-refractivity contribution in [2.45, 2.75) is 24.7 Å². The molecule has 1 fully saturated rings. The van der Waals surface area contributed by atoms with E-state index in [1.165, 1.54) is 18.7 Å². The maximum absolute atomic E-state index is 11.8. The van der Waals surface area contributed by atoms with Crippen LogP contribution < -0.4 is 4.74 Å². The van der Waals surface area contributed by atoms with Gasteiger partial charge in [0, 0.05) is 31.7 Å². The number of aliphatic hydroxyl groups excluding tert-OH is 1. The molecule has 0 aliphatic carbocycles. The van der Waals surface area contributed by atoms with Gasteiger partial charge in [0.1, 0.15) is 18.5 Å². The first-order valence-electron chi connectivity index (χ1n) is 6.85. The first-order chi connectivity index (χ1) is 10.0. The van der Waals surface area contributed by atoms with Gasteiger partial charge in [-0.25, -0.2) is 0 Å². The average Bonchev–Trinajstić information content (AvgIpc) is 2.76. The van der Waals surface area contributed by atoms with Gasteiger partial charge in [0.2, 0.25) is 5.91 Å². The molecule has 0 bridgehead atoms. The van der Waals surface area contributed by atoms with Crippen LogP contribution >= 0.6 is 11.8 Å². The predicted octanol–water partition coefficient (Wildman–Crippen LogP) is 1.31. The van der Waals surface area contributed by atoms with Crippen LogP contribution in [-0.2, 0) is 9.59 Å². The molecule has 2 rings (SSSR count). The van der Waals surface area contributed by atoms with Crippen LogP contribution in [0, 0.1) is 0 Å². The second-order valence-electron chi connectivity index (χ2n) is 5.01. The molecule has 6 heteroatoms. The zero-order valence-corrected chi connectivity index (χ0v) is 12.7. The summed E-state index contributed by atoms with van der Waals surface area (Å²) in [6.07, 6.45) is -0.383. The lowest BCUT2D eigenvalue weighted by atomic mass is 10.3. The molecule has 0 saturated carbocycles. The Kier molecular flexibility index (Phi) is 5.64. The van der Waals surface area contributed by atoms with E-state index in [-0.39, 0.29) is 29.4 Å². The number of nitrogens with zero attached hydrogens (tertiary/aromatic N) is 1. The number of thioether (sulfide) groups is 1. The lowest BCUT2D eigenvalue weighted by molar-refractivity contribution is -0.129. The van der Waals surface area contributed by atoms with Crippen LogP contribution in [0.1, 0.15) is 13.3 Å². The van der Waals surface area contributed by atoms with Crippen molar-refractivity contribution in [1.82, 2.24) is 4.90 Å². The van der Waals surface area contributed by atoms with E-state index < -0.39 is 6.10 Å². The van der Waals surface area contributed by atoms with Gasteiger partial charge in [-0.2, -0.15) is 0 Å². The van der Waals surface area contributed by atoms with Crippen LogP contribution in [-0.4, -0.2) is 52.1 Å². The molecular weight excluding hydrogens is 290 g/mol. The largest absolute Gasteiger partial charge is 0.491 e. The van der Waals surface area contributed by atoms with Crippen LogP contribution in [0.2, 0.25) is 0 Å². The monoisotopic (exact) mass is 309 g/mol. The summed E-state index contributed by atoms with van der Waals surface area (Å²) in [7, 11) is 0. The van der Waals surface area contributed by atoms with E-state index in [9.17, 15) is 14.7 Å². The molecular formula is C15H19NO4S. The highest BCUT2D eigenvalue weighted by Gasteiger charge is 2.31. The molecule has 114 valence electrons. The molecule has 1 aromatic rings. The maximum Gasteiger partial charge on any atom is 0.223 e. The van der Waals surface area contributed by atoms with Crippen LogP contribution in [0.25, 0.3) is 0 Å². The number of benzene rings is 1. The first kappa shape index (κ1) is 15.9. The summed E-state index contributed by atoms with van der Waals surface area (Å²) in [5, 5.41) is 9.98. The van der Waals surface area contributed by atoms with Crippen molar-refractivity contribution in [1.29, 1.82) is 0 Å². The normalized spacial score (nSPS) is 19.6. The Balaban J connectivity index is 1.76. The summed E-state index contributed by atoms with van der Waals surface area (Å²) in [5.41, 5.74) is 0. The zero-order chi connectivity index (χ0) is 15.2. The molecule has 21 heavy (non-hydrogen) atoms. The molecule has 0 radical (unpaired) electrons. The molecule has 1 amide bonds. The minimum Gasteiger partial charge on any atom is -0.491 e. The Labute approximate surface area is 128 Å². The molecule has 1 aliphatic heterocycles. The molecule has 0 spiro atoms. The molecule has 1 aliphatic rings. The van der Waals surface area contributed by atoms with Gasteiger partial charge in [-0.15, -0.1) is 0 Å². The Morgan fingerprint density at radius 2 is 2.19 bits per heavy atom. The van der Waals surface area contributed by atoms with Gasteiger partial charge in [0.15, 0.2) is 5.12 Å². The highest BCUT2D eigenvalue weighted by molar-refractivity contribution is 8.14. The summed E-state index contributed by atoms with van der Waals surface area (Å²) in [6, 6.07) is 9.23. The lowest BCUT2D eigenvalue weighted by Crippen LogP contribution is -2.36. The van der Waals surface area contributed by atoms with E-state index in [0.717, 1.165) is 0 Å². The molecule has 5 nitrogen and oxygen atoms in total. The molecule has 1 saturated heterocycles. The second kappa shape index (κ2) is 7.47. The number of rotatable bonds is 6. The van der Waals surface area contributed by atoms with E-state index in [0.29, 0.717) is 18.7 Å². The van der Waals surface area contributed by atoms with Gasteiger partial charge in [0.25, 0.3) is 0 Å². The number of amides is 1. The van der Waals surface area contributed by atoms with Gasteiger partial charge in [0.05, 0.1) is 0 Å². The predicted molar refractivity (Wildman–Crippen MR) is 81.2 cm³/mol. The number of para-hydroxylation sites is 1. The molecule has 0 aromatic heterocycles. The summed E-state index contributed by atoms with van der Waals surface area (Å²) >= 11 is 1.19. The highest BCUT2D eigenvalue weighted by Crippen LogP contribution is 2.24. The number of carbonyl (C=O) groups excluding carboxylic acids is 2. The summed E-state index contributed by atoms with van der Waals surface area (Å²) < 4.78 is 5.46. The average molecular weight is 309 g/mol. The summed E-state index contributed by atoms with van der Waals surface area (Å²) in [4.78, 5) is 24.5. The maximum atomic E-state index is 11.8. The Morgan fingerprint density at radius 3 is 2.86 bits per heavy atom. The number of β-amino-alcohol motifs (C(OH)–C–C–N with tert-alkyl or cyclic N) is 1. The summed E-state index contributed by atoms with van der Waals surface area (Å²) in [5.74, 6) is 0.668. The van der Waals surface area contributed by atoms with Gasteiger partial charge >= 0.3 is 0 Å². The van der Waals surface area contributed by atoms with Crippen LogP contribution in [0.5, 0.6) is 5.75 Å². The fraction of sp³-hybridized carbons (Fsp3) is 0.467. The number of ether oxygens (including phenoxy) is 1. The van der Waals surface area contributed by atoms with Crippen molar-refractivity contribution in [3.63, 3.8) is 0 Å². The number of aliphatic hydroxyl groups is 1. The van der Waals surface area contributed by atoms with Gasteiger partial charge in [-0.05, 0) is 12.1 Å². The lowest BCUT2D eigenvalue weighted by Gasteiger charge is -2.20. The van der Waals surface area contributed by atoms with E-state index >= 15 is 0 Å². The molecule has 2 unspecified atom stereocenters. The van der Waals surface area contributed by atoms with E-state index in [2.05, 4.69) is 0 Å². The Morgan fingerprint density at radius 1 is 1.48 bits per heavy atom. The quantitative estimate of drug-likeness (QED) is 0.858. The van der Waals surface area contributed by atoms with E-state index in [1.807, 2.05) is 30.3 Å². The van der Waals surface area contributed by atoms with Crippen molar-refractivity contribution in [2.24, 2.45) is 0 Å². The SMILES string of the molecule is CC(=O)SC1CC(=O)N(CC(O)COc2ccccc2)C1. The third kappa shape index (κ3) is 5.06. The molecule has 1 N–H and O–H groups in total. The minimum absolute atomic E-state index is 0.00255. The standard InChI is InChI=1S/C15H19NO4S/c1-11(17)21-14-7-15(19)16(9-14)8-12(18)10-20-13-5-3-2-4-6-13/h2-6,12,14,18H,7-10H2,1H3. The number of carbonyl (C=O) groups is 2. The third-order valence-electron chi connectivity index (χ3n) is 3.13. The molecule has 2 atom stereocenters. The number of hydrogen-bond acceptors (Lipinski definition) is 5. The first-order valence-corrected chi connectivity index (χ1v) is 7.73. The smallest absolute Gasteiger partial charge is 0.223 e. The van der Waals surface area contributed by atoms with Crippen molar-refractivity contribution in [3.8, 4) is 5.75 Å². The van der Waals surface area contributed by atoms with Gasteiger partial charge in [-0.1, -0.05) is 30.0 Å². The van der Waals surface area contributed by atoms with E-state index in [4.69, 9.17) is 4.74 Å². The van der Waals surface area contributed by atoms with Crippen LogP contribution in [0.15, 0.2) is 30.3 Å². The fourth-order valence-electron chi connectivity index (χ4n) is 2.24. The van der Waals surface area contributed by atoms with Gasteiger partial charge < -0.3 is 14.7 Å². The minimum atomic E-state index is -0.741. The number of likely N-dealkylation sites (tertiary alicyclic amines) is 1. The highest BCUT2D eigenvalue weighted by atomic mass is 32.2. The van der Waals surface area contributed by atoms with Crippen LogP contribution in [0.3, 0.4) is 0 Å². The fourth-order valence-corrected chi connectivity index (χ4v) is 3.19. The van der Waals surface area contributed by atoms with Crippen molar-refractivity contribution >= 4 is 22.8 Å². The van der Waals surface area contributed by atoms with E-state index in [1.54, 1.807) is 4.90 Å². The van der Waals surface area contributed by atoms with Crippen molar-refractivity contribution < 1.29 is 19.4 Å². The Hall–Kier alpha value is -1.53. The third-order valence-corrected chi connectivity index (χ3v) is 4.11. The van der Waals surface area contributed by atoms with Gasteiger partial charge in [-0.3, -0.25) is 9.59 Å². The topological polar surface area (TPSA) is 66.8 Å². The van der Waals surface area contributed by atoms with Crippen molar-refractivity contribution in [2.75, 3.05) is 19.7 Å². The Bertz CT molecular complexity index is 494.